The van der Waals surface area contributed by atoms with Gasteiger partial charge >= 0.3 is 5.97 Å². The number of carbonyl (C=O) groups is 2. The van der Waals surface area contributed by atoms with Gasteiger partial charge in [0.1, 0.15) is 5.82 Å². The van der Waals surface area contributed by atoms with Crippen LogP contribution in [0.3, 0.4) is 0 Å². The molecule has 1 aliphatic carbocycles. The predicted molar refractivity (Wildman–Crippen MR) is 169 cm³/mol. The van der Waals surface area contributed by atoms with Crippen LogP contribution in [0.2, 0.25) is 0 Å². The largest absolute Gasteiger partial charge is 0.469 e. The van der Waals surface area contributed by atoms with Crippen LogP contribution in [-0.2, 0) is 14.3 Å². The van der Waals surface area contributed by atoms with E-state index >= 15 is 0 Å². The number of benzene rings is 2. The van der Waals surface area contributed by atoms with Crippen LogP contribution in [0.15, 0.2) is 84.4 Å². The molecule has 0 radical (unpaired) electrons. The van der Waals surface area contributed by atoms with Crippen LogP contribution in [0.1, 0.15) is 74.4 Å². The lowest BCUT2D eigenvalue weighted by Gasteiger charge is -2.19. The van der Waals surface area contributed by atoms with E-state index in [4.69, 9.17) is 9.73 Å². The number of amides is 1. The number of hydrogen-bond acceptors (Lipinski definition) is 7. The fourth-order valence-electron chi connectivity index (χ4n) is 5.96. The SMILES string of the molecule is COC(=O)C[C@@H](C(=O)N[C@@H](C)c1ncc(-c2ccc(-c3ncc(C4=CN=C(C5CCCC5)C4)cn3)cc2)[nH]1)c1ccccc1. The number of nitrogens with zero attached hydrogens (tertiary/aromatic N) is 4. The van der Waals surface area contributed by atoms with Crippen molar-refractivity contribution in [2.45, 2.75) is 57.4 Å². The molecule has 0 unspecified atom stereocenters. The molecular weight excluding hydrogens is 552 g/mol. The molecule has 2 aliphatic rings. The second-order valence-electron chi connectivity index (χ2n) is 11.5. The fourth-order valence-corrected chi connectivity index (χ4v) is 5.96. The number of nitrogens with one attached hydrogen (secondary N) is 2. The third kappa shape index (κ3) is 6.51. The lowest BCUT2D eigenvalue weighted by Crippen LogP contribution is -2.33. The number of rotatable bonds is 10. The molecule has 9 nitrogen and oxygen atoms in total. The molecule has 0 saturated heterocycles. The van der Waals surface area contributed by atoms with E-state index < -0.39 is 17.9 Å². The van der Waals surface area contributed by atoms with E-state index in [0.29, 0.717) is 17.6 Å². The summed E-state index contributed by atoms with van der Waals surface area (Å²) < 4.78 is 4.82. The molecule has 6 rings (SSSR count). The number of H-pyrrole nitrogens is 1. The molecule has 224 valence electrons. The van der Waals surface area contributed by atoms with Crippen molar-refractivity contribution < 1.29 is 14.3 Å². The molecule has 2 N–H and O–H groups in total. The van der Waals surface area contributed by atoms with Crippen molar-refractivity contribution in [2.75, 3.05) is 7.11 Å². The zero-order valence-electron chi connectivity index (χ0n) is 25.0. The van der Waals surface area contributed by atoms with Crippen molar-refractivity contribution in [1.82, 2.24) is 25.3 Å². The summed E-state index contributed by atoms with van der Waals surface area (Å²) >= 11 is 0. The summed E-state index contributed by atoms with van der Waals surface area (Å²) in [6.45, 7) is 1.86. The number of allylic oxidation sites excluding steroid dienone is 1. The number of aliphatic imine (C=N–C) groups is 1. The van der Waals surface area contributed by atoms with Crippen molar-refractivity contribution in [3.05, 3.63) is 96.3 Å². The van der Waals surface area contributed by atoms with Gasteiger partial charge in [0.2, 0.25) is 5.91 Å². The number of hydrogen-bond donors (Lipinski definition) is 2. The molecule has 1 saturated carbocycles. The molecule has 2 aromatic heterocycles. The average molecular weight is 589 g/mol. The number of aromatic nitrogens is 4. The highest BCUT2D eigenvalue weighted by Crippen LogP contribution is 2.33. The first kappa shape index (κ1) is 29.2. The smallest absolute Gasteiger partial charge is 0.306 e. The Bertz CT molecular complexity index is 1670. The standard InChI is InChI=1S/C35H36N6O3/c1-22(40-35(43)29(17-32(42)44-2)23-8-4-3-5-9-23)33-39-21-31(41-33)25-12-14-26(15-13-25)34-37-19-28(20-38-34)27-16-30(36-18-27)24-10-6-7-11-24/h3-5,8-9,12-15,18-22,24,29H,6-7,10-11,16-17H2,1-2H3,(H,39,41)(H,40,43)/t22-,29+/m0/s1. The van der Waals surface area contributed by atoms with E-state index in [1.54, 1.807) is 6.20 Å². The Balaban J connectivity index is 1.08. The van der Waals surface area contributed by atoms with Gasteiger partial charge in [0.15, 0.2) is 5.82 Å². The summed E-state index contributed by atoms with van der Waals surface area (Å²) in [6.07, 6.45) is 13.5. The third-order valence-electron chi connectivity index (χ3n) is 8.54. The molecule has 0 spiro atoms. The van der Waals surface area contributed by atoms with Gasteiger partial charge in [-0.05, 0) is 42.4 Å². The maximum absolute atomic E-state index is 13.2. The Labute approximate surface area is 256 Å². The average Bonchev–Trinajstić information content (AvgIpc) is 3.86. The van der Waals surface area contributed by atoms with Crippen LogP contribution < -0.4 is 5.32 Å². The lowest BCUT2D eigenvalue weighted by molar-refractivity contribution is -0.143. The van der Waals surface area contributed by atoms with Gasteiger partial charge in [-0.25, -0.2) is 15.0 Å². The van der Waals surface area contributed by atoms with E-state index in [0.717, 1.165) is 34.4 Å². The maximum Gasteiger partial charge on any atom is 0.306 e. The van der Waals surface area contributed by atoms with Crippen LogP contribution in [0.4, 0.5) is 0 Å². The fraction of sp³-hybridized carbons (Fsp3) is 0.314. The molecule has 0 bridgehead atoms. The zero-order chi connectivity index (χ0) is 30.5. The van der Waals surface area contributed by atoms with Gasteiger partial charge in [0.05, 0.1) is 37.4 Å². The molecule has 1 aliphatic heterocycles. The van der Waals surface area contributed by atoms with Crippen LogP contribution in [-0.4, -0.2) is 44.6 Å². The van der Waals surface area contributed by atoms with Gasteiger partial charge in [-0.2, -0.15) is 0 Å². The van der Waals surface area contributed by atoms with Crippen molar-refractivity contribution in [3.8, 4) is 22.6 Å². The summed E-state index contributed by atoms with van der Waals surface area (Å²) in [5.74, 6) is 0.538. The van der Waals surface area contributed by atoms with Crippen molar-refractivity contribution in [3.63, 3.8) is 0 Å². The number of ether oxygens (including phenoxy) is 1. The number of aromatic amines is 1. The quantitative estimate of drug-likeness (QED) is 0.206. The highest BCUT2D eigenvalue weighted by molar-refractivity contribution is 5.99. The molecule has 44 heavy (non-hydrogen) atoms. The van der Waals surface area contributed by atoms with Crippen LogP contribution in [0, 0.1) is 5.92 Å². The van der Waals surface area contributed by atoms with Gasteiger partial charge in [0, 0.05) is 41.9 Å². The van der Waals surface area contributed by atoms with Crippen LogP contribution >= 0.6 is 0 Å². The number of carbonyl (C=O) groups excluding carboxylic acids is 2. The van der Waals surface area contributed by atoms with Gasteiger partial charge in [-0.3, -0.25) is 14.6 Å². The highest BCUT2D eigenvalue weighted by atomic mass is 16.5. The Morgan fingerprint density at radius 2 is 1.64 bits per heavy atom. The van der Waals surface area contributed by atoms with E-state index in [9.17, 15) is 9.59 Å². The minimum atomic E-state index is -0.665. The summed E-state index contributed by atoms with van der Waals surface area (Å²) in [4.78, 5) is 47.0. The minimum absolute atomic E-state index is 0.0467. The zero-order valence-corrected chi connectivity index (χ0v) is 25.0. The number of methoxy groups -OCH3 is 1. The lowest BCUT2D eigenvalue weighted by atomic mass is 9.94. The summed E-state index contributed by atoms with van der Waals surface area (Å²) in [5, 5.41) is 2.99. The number of imidazole rings is 1. The summed E-state index contributed by atoms with van der Waals surface area (Å²) in [5.41, 5.74) is 6.96. The molecule has 3 heterocycles. The Morgan fingerprint density at radius 1 is 0.932 bits per heavy atom. The minimum Gasteiger partial charge on any atom is -0.469 e. The second-order valence-corrected chi connectivity index (χ2v) is 11.5. The Hall–Kier alpha value is -4.92. The van der Waals surface area contributed by atoms with Gasteiger partial charge in [-0.1, -0.05) is 67.4 Å². The third-order valence-corrected chi connectivity index (χ3v) is 8.54. The topological polar surface area (TPSA) is 122 Å². The second kappa shape index (κ2) is 13.2. The van der Waals surface area contributed by atoms with Gasteiger partial charge in [-0.15, -0.1) is 0 Å². The van der Waals surface area contributed by atoms with Crippen molar-refractivity contribution in [2.24, 2.45) is 10.9 Å². The van der Waals surface area contributed by atoms with Gasteiger partial charge < -0.3 is 15.0 Å². The monoisotopic (exact) mass is 588 g/mol. The summed E-state index contributed by atoms with van der Waals surface area (Å²) in [7, 11) is 1.32. The Morgan fingerprint density at radius 3 is 2.34 bits per heavy atom. The van der Waals surface area contributed by atoms with Gasteiger partial charge in [0.25, 0.3) is 0 Å². The molecular formula is C35H36N6O3. The molecule has 1 amide bonds. The van der Waals surface area contributed by atoms with E-state index in [1.165, 1.54) is 44.1 Å². The molecule has 2 aromatic carbocycles. The van der Waals surface area contributed by atoms with Crippen molar-refractivity contribution in [1.29, 1.82) is 0 Å². The van der Waals surface area contributed by atoms with Crippen molar-refractivity contribution >= 4 is 23.2 Å². The molecule has 9 heteroatoms. The molecule has 2 atom stereocenters. The first-order valence-corrected chi connectivity index (χ1v) is 15.1. The first-order valence-electron chi connectivity index (χ1n) is 15.1. The predicted octanol–water partition coefficient (Wildman–Crippen LogP) is 6.43. The van der Waals surface area contributed by atoms with Crippen LogP contribution in [0.5, 0.6) is 0 Å². The van der Waals surface area contributed by atoms with E-state index in [1.807, 2.05) is 80.1 Å². The maximum atomic E-state index is 13.2. The normalized spacial score (nSPS) is 16.2. The van der Waals surface area contributed by atoms with E-state index in [2.05, 4.69) is 25.3 Å². The first-order chi connectivity index (χ1) is 21.5. The highest BCUT2D eigenvalue weighted by Gasteiger charge is 2.27. The molecule has 4 aromatic rings. The number of esters is 1. The molecule has 1 fully saturated rings. The van der Waals surface area contributed by atoms with Crippen LogP contribution in [0.25, 0.3) is 28.2 Å². The van der Waals surface area contributed by atoms with E-state index in [-0.39, 0.29) is 12.3 Å². The summed E-state index contributed by atoms with van der Waals surface area (Å²) in [6, 6.07) is 16.8. The Kier molecular flexibility index (Phi) is 8.72.